The van der Waals surface area contributed by atoms with Crippen molar-refractivity contribution in [3.05, 3.63) is 29.8 Å². The molecule has 2 nitrogen and oxygen atoms in total. The molecule has 1 atom stereocenters. The lowest BCUT2D eigenvalue weighted by Crippen LogP contribution is -2.21. The first-order valence-electron chi connectivity index (χ1n) is 5.19. The first-order chi connectivity index (χ1) is 7.65. The maximum absolute atomic E-state index is 13.2. The quantitative estimate of drug-likeness (QED) is 0.780. The summed E-state index contributed by atoms with van der Waals surface area (Å²) in [5.74, 6) is -0.887. The molecule has 5 heteroatoms. The summed E-state index contributed by atoms with van der Waals surface area (Å²) in [6.45, 7) is 3.40. The number of rotatable bonds is 6. The van der Waals surface area contributed by atoms with Crippen LogP contribution in [-0.2, 0) is 10.8 Å². The van der Waals surface area contributed by atoms with Crippen molar-refractivity contribution in [2.75, 3.05) is 18.8 Å². The molecular weight excluding hydrogens is 232 g/mol. The second-order valence-electron chi connectivity index (χ2n) is 3.37. The first kappa shape index (κ1) is 13.3. The predicted octanol–water partition coefficient (Wildman–Crippen LogP) is 2.07. The summed E-state index contributed by atoms with van der Waals surface area (Å²) in [7, 11) is -1.49. The van der Waals surface area contributed by atoms with Gasteiger partial charge in [0.2, 0.25) is 0 Å². The maximum Gasteiger partial charge on any atom is 0.139 e. The molecule has 1 aromatic carbocycles. The summed E-state index contributed by atoms with van der Waals surface area (Å²) in [4.78, 5) is -0.0571. The molecule has 0 aliphatic heterocycles. The number of hydrogen-bond acceptors (Lipinski definition) is 2. The largest absolute Gasteiger partial charge is 0.316 e. The fourth-order valence-corrected chi connectivity index (χ4v) is 2.31. The average Bonchev–Trinajstić information content (AvgIpc) is 2.27. The van der Waals surface area contributed by atoms with Crippen molar-refractivity contribution in [2.45, 2.75) is 18.2 Å². The van der Waals surface area contributed by atoms with Gasteiger partial charge in [-0.25, -0.2) is 8.78 Å². The van der Waals surface area contributed by atoms with Crippen molar-refractivity contribution < 1.29 is 13.0 Å². The third-order valence-corrected chi connectivity index (χ3v) is 3.41. The highest BCUT2D eigenvalue weighted by atomic mass is 32.2. The Balaban J connectivity index is 2.55. The number of benzene rings is 1. The summed E-state index contributed by atoms with van der Waals surface area (Å²) >= 11 is 0. The lowest BCUT2D eigenvalue weighted by Gasteiger charge is -2.05. The van der Waals surface area contributed by atoms with Crippen molar-refractivity contribution in [1.29, 1.82) is 0 Å². The van der Waals surface area contributed by atoms with E-state index in [2.05, 4.69) is 5.32 Å². The van der Waals surface area contributed by atoms with Gasteiger partial charge < -0.3 is 5.32 Å². The van der Waals surface area contributed by atoms with Crippen LogP contribution in [0.5, 0.6) is 0 Å². The Morgan fingerprint density at radius 1 is 1.31 bits per heavy atom. The van der Waals surface area contributed by atoms with Crippen molar-refractivity contribution in [2.24, 2.45) is 0 Å². The van der Waals surface area contributed by atoms with Crippen LogP contribution in [0.25, 0.3) is 0 Å². The van der Waals surface area contributed by atoms with Crippen LogP contribution in [0.1, 0.15) is 13.3 Å². The summed E-state index contributed by atoms with van der Waals surface area (Å²) < 4.78 is 37.7. The number of nitrogens with one attached hydrogen (secondary N) is 1. The highest BCUT2D eigenvalue weighted by Gasteiger charge is 2.10. The van der Waals surface area contributed by atoms with E-state index in [0.29, 0.717) is 12.3 Å². The zero-order chi connectivity index (χ0) is 12.0. The van der Waals surface area contributed by atoms with Crippen LogP contribution >= 0.6 is 0 Å². The SMILES string of the molecule is CCCNCCS(=O)c1cc(F)ccc1F. The maximum atomic E-state index is 13.2. The van der Waals surface area contributed by atoms with Gasteiger partial charge in [-0.3, -0.25) is 4.21 Å². The Bertz CT molecular complexity index is 371. The van der Waals surface area contributed by atoms with Crippen LogP contribution in [0, 0.1) is 11.6 Å². The molecule has 0 aromatic heterocycles. The molecule has 0 aliphatic carbocycles. The molecule has 0 radical (unpaired) electrons. The van der Waals surface area contributed by atoms with E-state index in [-0.39, 0.29) is 4.90 Å². The van der Waals surface area contributed by atoms with E-state index in [1.807, 2.05) is 6.92 Å². The van der Waals surface area contributed by atoms with Gasteiger partial charge in [0, 0.05) is 12.3 Å². The second-order valence-corrected chi connectivity index (χ2v) is 4.91. The van der Waals surface area contributed by atoms with Crippen LogP contribution in [0.3, 0.4) is 0 Å². The molecule has 1 unspecified atom stereocenters. The van der Waals surface area contributed by atoms with Crippen molar-refractivity contribution in [3.8, 4) is 0 Å². The predicted molar refractivity (Wildman–Crippen MR) is 60.8 cm³/mol. The molecule has 90 valence electrons. The Morgan fingerprint density at radius 3 is 2.75 bits per heavy atom. The molecule has 0 spiro atoms. The van der Waals surface area contributed by atoms with Gasteiger partial charge in [-0.05, 0) is 31.2 Å². The molecular formula is C11H15F2NOS. The van der Waals surface area contributed by atoms with Gasteiger partial charge in [-0.1, -0.05) is 6.92 Å². The molecule has 1 rings (SSSR count). The van der Waals surface area contributed by atoms with E-state index in [9.17, 15) is 13.0 Å². The fraction of sp³-hybridized carbons (Fsp3) is 0.455. The standard InChI is InChI=1S/C11H15F2NOS/c1-2-5-14-6-7-16(15)11-8-9(12)3-4-10(11)13/h3-4,8,14H,2,5-7H2,1H3. The Morgan fingerprint density at radius 2 is 2.06 bits per heavy atom. The van der Waals surface area contributed by atoms with E-state index in [4.69, 9.17) is 0 Å². The summed E-state index contributed by atoms with van der Waals surface area (Å²) in [6.07, 6.45) is 0.987. The number of halogens is 2. The van der Waals surface area contributed by atoms with Crippen molar-refractivity contribution in [3.63, 3.8) is 0 Å². The highest BCUT2D eigenvalue weighted by Crippen LogP contribution is 2.13. The molecule has 1 aromatic rings. The topological polar surface area (TPSA) is 29.1 Å². The monoisotopic (exact) mass is 247 g/mol. The van der Waals surface area contributed by atoms with Gasteiger partial charge in [0.1, 0.15) is 11.6 Å². The van der Waals surface area contributed by atoms with Gasteiger partial charge >= 0.3 is 0 Å². The van der Waals surface area contributed by atoms with Gasteiger partial charge in [-0.2, -0.15) is 0 Å². The smallest absolute Gasteiger partial charge is 0.139 e. The minimum atomic E-state index is -1.49. The first-order valence-corrected chi connectivity index (χ1v) is 6.51. The normalized spacial score (nSPS) is 12.7. The molecule has 0 fully saturated rings. The zero-order valence-electron chi connectivity index (χ0n) is 9.13. The Labute approximate surface area is 96.5 Å². The van der Waals surface area contributed by atoms with Crippen molar-refractivity contribution in [1.82, 2.24) is 5.32 Å². The highest BCUT2D eigenvalue weighted by molar-refractivity contribution is 7.85. The van der Waals surface area contributed by atoms with E-state index in [1.54, 1.807) is 0 Å². The zero-order valence-corrected chi connectivity index (χ0v) is 9.95. The van der Waals surface area contributed by atoms with E-state index >= 15 is 0 Å². The van der Waals surface area contributed by atoms with Crippen LogP contribution in [0.2, 0.25) is 0 Å². The summed E-state index contributed by atoms with van der Waals surface area (Å²) in [5.41, 5.74) is 0. The minimum absolute atomic E-state index is 0.0571. The Kier molecular flexibility index (Phi) is 5.55. The molecule has 0 heterocycles. The van der Waals surface area contributed by atoms with Crippen LogP contribution in [-0.4, -0.2) is 23.1 Å². The lowest BCUT2D eigenvalue weighted by atomic mass is 10.3. The van der Waals surface area contributed by atoms with Crippen LogP contribution in [0.15, 0.2) is 23.1 Å². The molecule has 0 amide bonds. The third-order valence-electron chi connectivity index (χ3n) is 2.03. The van der Waals surface area contributed by atoms with Gasteiger partial charge in [0.15, 0.2) is 0 Å². The van der Waals surface area contributed by atoms with Crippen molar-refractivity contribution >= 4 is 10.8 Å². The molecule has 16 heavy (non-hydrogen) atoms. The fourth-order valence-electron chi connectivity index (χ4n) is 1.23. The lowest BCUT2D eigenvalue weighted by molar-refractivity contribution is 0.571. The summed E-state index contributed by atoms with van der Waals surface area (Å²) in [5, 5.41) is 3.06. The Hall–Kier alpha value is -0.810. The average molecular weight is 247 g/mol. The molecule has 0 saturated carbocycles. The van der Waals surface area contributed by atoms with Crippen LogP contribution < -0.4 is 5.32 Å². The summed E-state index contributed by atoms with van der Waals surface area (Å²) in [6, 6.07) is 3.01. The molecule has 0 saturated heterocycles. The molecule has 0 aliphatic rings. The van der Waals surface area contributed by atoms with Gasteiger partial charge in [-0.15, -0.1) is 0 Å². The third kappa shape index (κ3) is 3.98. The second kappa shape index (κ2) is 6.70. The number of hydrogen-bond donors (Lipinski definition) is 1. The minimum Gasteiger partial charge on any atom is -0.316 e. The van der Waals surface area contributed by atoms with E-state index in [0.717, 1.165) is 31.2 Å². The van der Waals surface area contributed by atoms with E-state index < -0.39 is 22.4 Å². The van der Waals surface area contributed by atoms with Gasteiger partial charge in [0.25, 0.3) is 0 Å². The van der Waals surface area contributed by atoms with E-state index in [1.165, 1.54) is 0 Å². The molecule has 1 N–H and O–H groups in total. The van der Waals surface area contributed by atoms with Gasteiger partial charge in [0.05, 0.1) is 15.7 Å². The van der Waals surface area contributed by atoms with Crippen LogP contribution in [0.4, 0.5) is 8.78 Å². The molecule has 0 bridgehead atoms.